The van der Waals surface area contributed by atoms with Gasteiger partial charge in [-0.25, -0.2) is 9.07 Å². The maximum Gasteiger partial charge on any atom is 1.00 e. The van der Waals surface area contributed by atoms with E-state index in [0.29, 0.717) is 23.5 Å². The molecule has 0 spiro atoms. The van der Waals surface area contributed by atoms with Gasteiger partial charge in [0.05, 0.1) is 30.0 Å². The molecular formula is C23H31FN3NaO5. The van der Waals surface area contributed by atoms with Crippen LogP contribution >= 0.6 is 0 Å². The number of aromatic nitrogens is 2. The number of hydrogen-bond donors (Lipinski definition) is 4. The number of aliphatic hydroxyl groups is 2. The molecule has 4 N–H and O–H groups in total. The van der Waals surface area contributed by atoms with Crippen LogP contribution < -0.4 is 34.9 Å². The smallest absolute Gasteiger partial charge is 1.00 e. The van der Waals surface area contributed by atoms with Crippen molar-refractivity contribution in [3.63, 3.8) is 0 Å². The molecule has 10 heteroatoms. The summed E-state index contributed by atoms with van der Waals surface area (Å²) in [5.74, 6) is -2.00. The second-order valence-corrected chi connectivity index (χ2v) is 7.86. The maximum absolute atomic E-state index is 13.4. The third-order valence-electron chi connectivity index (χ3n) is 4.76. The van der Waals surface area contributed by atoms with E-state index in [0.717, 1.165) is 6.42 Å². The van der Waals surface area contributed by atoms with Crippen molar-refractivity contribution in [1.29, 1.82) is 0 Å². The van der Waals surface area contributed by atoms with Gasteiger partial charge in [-0.05, 0) is 42.7 Å². The van der Waals surface area contributed by atoms with Gasteiger partial charge in [-0.3, -0.25) is 9.59 Å². The predicted octanol–water partition coefficient (Wildman–Crippen LogP) is -0.00910. The molecule has 0 aliphatic carbocycles. The van der Waals surface area contributed by atoms with Crippen molar-refractivity contribution in [2.24, 2.45) is 0 Å². The van der Waals surface area contributed by atoms with Crippen LogP contribution in [0.4, 0.5) is 4.39 Å². The number of aliphatic hydroxyl groups excluding tert-OH is 2. The third kappa shape index (κ3) is 8.35. The van der Waals surface area contributed by atoms with Crippen molar-refractivity contribution >= 4 is 18.0 Å². The van der Waals surface area contributed by atoms with Gasteiger partial charge in [-0.2, -0.15) is 5.10 Å². The van der Waals surface area contributed by atoms with E-state index in [1.54, 1.807) is 6.08 Å². The van der Waals surface area contributed by atoms with Gasteiger partial charge in [0.15, 0.2) is 5.69 Å². The van der Waals surface area contributed by atoms with E-state index < -0.39 is 30.4 Å². The molecule has 0 saturated heterocycles. The van der Waals surface area contributed by atoms with Crippen molar-refractivity contribution < 1.29 is 60.3 Å². The molecule has 0 radical (unpaired) electrons. The summed E-state index contributed by atoms with van der Waals surface area (Å²) in [4.78, 5) is 23.5. The number of nitrogens with one attached hydrogen (secondary N) is 1. The fourth-order valence-corrected chi connectivity index (χ4v) is 3.29. The number of carboxylic acid groups (broad SMARTS) is 1. The summed E-state index contributed by atoms with van der Waals surface area (Å²) in [6, 6.07) is 5.63. The largest absolute Gasteiger partial charge is 1.00 e. The number of rotatable bonds is 11. The fraction of sp³-hybridized carbons (Fsp3) is 0.435. The third-order valence-corrected chi connectivity index (χ3v) is 4.76. The van der Waals surface area contributed by atoms with Crippen LogP contribution in [0.1, 0.15) is 69.1 Å². The van der Waals surface area contributed by atoms with E-state index in [9.17, 15) is 24.2 Å². The number of carboxylic acids is 1. The quantitative estimate of drug-likeness (QED) is 0.342. The van der Waals surface area contributed by atoms with E-state index in [1.807, 2.05) is 20.8 Å². The molecule has 1 heterocycles. The van der Waals surface area contributed by atoms with E-state index in [2.05, 4.69) is 10.4 Å². The predicted molar refractivity (Wildman–Crippen MR) is 119 cm³/mol. The minimum absolute atomic E-state index is 0. The first kappa shape index (κ1) is 29.0. The van der Waals surface area contributed by atoms with Crippen LogP contribution in [-0.2, 0) is 4.79 Å². The normalized spacial score (nSPS) is 13.1. The summed E-state index contributed by atoms with van der Waals surface area (Å²) in [5, 5.41) is 36.1. The van der Waals surface area contributed by atoms with Crippen LogP contribution in [0, 0.1) is 5.82 Å². The van der Waals surface area contributed by atoms with Gasteiger partial charge in [0.2, 0.25) is 0 Å². The molecule has 33 heavy (non-hydrogen) atoms. The summed E-state index contributed by atoms with van der Waals surface area (Å²) in [5.41, 5.74) is 1.94. The van der Waals surface area contributed by atoms with Crippen molar-refractivity contribution in [2.75, 3.05) is 6.54 Å². The average Bonchev–Trinajstić information content (AvgIpc) is 3.10. The summed E-state index contributed by atoms with van der Waals surface area (Å²) < 4.78 is 14.9. The zero-order valence-electron chi connectivity index (χ0n) is 20.5. The molecule has 2 aromatic rings. The Labute approximate surface area is 216 Å². The Kier molecular flexibility index (Phi) is 12.0. The van der Waals surface area contributed by atoms with Gasteiger partial charge in [0, 0.05) is 18.5 Å². The Morgan fingerprint density at radius 3 is 2.42 bits per heavy atom. The Morgan fingerprint density at radius 2 is 1.88 bits per heavy atom. The number of amides is 1. The van der Waals surface area contributed by atoms with E-state index >= 15 is 0 Å². The molecule has 0 fully saturated rings. The Morgan fingerprint density at radius 1 is 1.24 bits per heavy atom. The molecule has 2 rings (SSSR count). The van der Waals surface area contributed by atoms with Gasteiger partial charge in [0.1, 0.15) is 5.82 Å². The summed E-state index contributed by atoms with van der Waals surface area (Å²) in [6.45, 7) is 6.25. The number of halogens is 1. The standard InChI is InChI=1S/C23H30FN3O5.Na.H/c1-4-11-25-23(32)22-21(14(2)3)19(10-9-17(28)12-18(29)13-20(30)31)27(26-22)16-7-5-15(24)6-8-16;;/h5-10,14,17-18,28-29H,4,11-13H2,1-3H3,(H,25,32)(H,30,31);;/q;+1;-1/t17-,18+;;/m0../s1. The minimum atomic E-state index is -1.20. The topological polar surface area (TPSA) is 125 Å². The Hall–Kier alpha value is -2.04. The minimum Gasteiger partial charge on any atom is -1.00 e. The van der Waals surface area contributed by atoms with E-state index in [4.69, 9.17) is 5.11 Å². The number of carbonyl (C=O) groups is 2. The second kappa shape index (κ2) is 13.6. The van der Waals surface area contributed by atoms with Crippen molar-refractivity contribution in [2.45, 2.75) is 58.2 Å². The average molecular weight is 472 g/mol. The fourth-order valence-electron chi connectivity index (χ4n) is 3.29. The van der Waals surface area contributed by atoms with Crippen LogP contribution in [0.5, 0.6) is 0 Å². The van der Waals surface area contributed by atoms with Gasteiger partial charge >= 0.3 is 35.5 Å². The number of aliphatic carboxylic acids is 1. The summed E-state index contributed by atoms with van der Waals surface area (Å²) in [7, 11) is 0. The molecule has 0 aliphatic rings. The number of benzene rings is 1. The Balaban J connectivity index is 0.00000544. The summed E-state index contributed by atoms with van der Waals surface area (Å²) in [6.07, 6.45) is 0.819. The first-order chi connectivity index (χ1) is 15.1. The molecular weight excluding hydrogens is 440 g/mol. The first-order valence-corrected chi connectivity index (χ1v) is 10.6. The van der Waals surface area contributed by atoms with Crippen LogP contribution in [0.2, 0.25) is 0 Å². The molecule has 1 amide bonds. The second-order valence-electron chi connectivity index (χ2n) is 7.86. The maximum atomic E-state index is 13.4. The molecule has 0 aliphatic heterocycles. The van der Waals surface area contributed by atoms with Crippen LogP contribution in [0.25, 0.3) is 11.8 Å². The SMILES string of the molecule is CCCNC(=O)c1nn(-c2ccc(F)cc2)c(C=C[C@H](O)C[C@@H](O)CC(=O)O)c1C(C)C.[H-].[Na+]. The van der Waals surface area contributed by atoms with Gasteiger partial charge in [0.25, 0.3) is 5.91 Å². The Bertz CT molecular complexity index is 966. The first-order valence-electron chi connectivity index (χ1n) is 10.6. The van der Waals surface area contributed by atoms with Crippen LogP contribution in [0.15, 0.2) is 30.3 Å². The molecule has 1 aromatic carbocycles. The van der Waals surface area contributed by atoms with Gasteiger partial charge < -0.3 is 22.1 Å². The summed E-state index contributed by atoms with van der Waals surface area (Å²) >= 11 is 0. The zero-order valence-corrected chi connectivity index (χ0v) is 21.5. The van der Waals surface area contributed by atoms with E-state index in [-0.39, 0.29) is 54.9 Å². The van der Waals surface area contributed by atoms with Gasteiger partial charge in [-0.15, -0.1) is 0 Å². The van der Waals surface area contributed by atoms with Crippen molar-refractivity contribution in [3.8, 4) is 5.69 Å². The molecule has 1 aromatic heterocycles. The molecule has 176 valence electrons. The molecule has 0 saturated carbocycles. The monoisotopic (exact) mass is 471 g/mol. The number of hydrogen-bond acceptors (Lipinski definition) is 5. The molecule has 0 bridgehead atoms. The zero-order chi connectivity index (χ0) is 23.8. The van der Waals surface area contributed by atoms with Gasteiger partial charge in [-0.1, -0.05) is 26.8 Å². The molecule has 8 nitrogen and oxygen atoms in total. The number of carbonyl (C=O) groups excluding carboxylic acids is 1. The van der Waals surface area contributed by atoms with Crippen LogP contribution in [-0.4, -0.2) is 55.7 Å². The van der Waals surface area contributed by atoms with Crippen molar-refractivity contribution in [3.05, 3.63) is 53.1 Å². The molecule has 0 unspecified atom stereocenters. The van der Waals surface area contributed by atoms with E-state index in [1.165, 1.54) is 35.0 Å². The van der Waals surface area contributed by atoms with Crippen LogP contribution in [0.3, 0.4) is 0 Å². The van der Waals surface area contributed by atoms with Crippen molar-refractivity contribution in [1.82, 2.24) is 15.1 Å². The number of nitrogens with zero attached hydrogens (tertiary/aromatic N) is 2. The molecule has 2 atom stereocenters.